The molecule has 1 aliphatic carbocycles. The SMILES string of the molecule is OC1(C(F)(F)F)CCC([B-](F)(F)F)CC1. The van der Waals surface area contributed by atoms with E-state index < -0.39 is 50.3 Å². The van der Waals surface area contributed by atoms with Gasteiger partial charge in [-0.1, -0.05) is 18.7 Å². The summed E-state index contributed by atoms with van der Waals surface area (Å²) in [5.74, 6) is -1.66. The smallest absolute Gasteiger partial charge is 0.449 e. The van der Waals surface area contributed by atoms with Crippen molar-refractivity contribution in [1.29, 1.82) is 0 Å². The van der Waals surface area contributed by atoms with Gasteiger partial charge in [0.25, 0.3) is 0 Å². The third-order valence-electron chi connectivity index (χ3n) is 2.92. The highest BCUT2D eigenvalue weighted by Crippen LogP contribution is 2.48. The van der Waals surface area contributed by atoms with Crippen molar-refractivity contribution in [3.63, 3.8) is 0 Å². The molecule has 0 aromatic heterocycles. The van der Waals surface area contributed by atoms with Crippen LogP contribution in [0.15, 0.2) is 0 Å². The van der Waals surface area contributed by atoms with Gasteiger partial charge < -0.3 is 18.1 Å². The zero-order valence-electron chi connectivity index (χ0n) is 7.70. The Morgan fingerprint density at radius 2 is 1.47 bits per heavy atom. The molecule has 8 heteroatoms. The molecule has 0 bridgehead atoms. The third kappa shape index (κ3) is 2.59. The molecule has 1 rings (SSSR count). The van der Waals surface area contributed by atoms with Gasteiger partial charge in [0.1, 0.15) is 0 Å². The van der Waals surface area contributed by atoms with Gasteiger partial charge in [0.2, 0.25) is 0 Å². The summed E-state index contributed by atoms with van der Waals surface area (Å²) >= 11 is 0. The zero-order valence-corrected chi connectivity index (χ0v) is 7.70. The highest BCUT2D eigenvalue weighted by atomic mass is 19.4. The number of hydrogen-bond donors (Lipinski definition) is 1. The maximum atomic E-state index is 12.2. The van der Waals surface area contributed by atoms with Crippen molar-refractivity contribution in [2.24, 2.45) is 0 Å². The molecule has 0 saturated heterocycles. The molecule has 0 unspecified atom stereocenters. The molecule has 0 spiro atoms. The molecule has 15 heavy (non-hydrogen) atoms. The maximum Gasteiger partial charge on any atom is 0.481 e. The van der Waals surface area contributed by atoms with Gasteiger partial charge in [-0.3, -0.25) is 0 Å². The number of halogens is 6. The van der Waals surface area contributed by atoms with E-state index in [0.717, 1.165) is 0 Å². The topological polar surface area (TPSA) is 20.2 Å². The molecule has 1 fully saturated rings. The van der Waals surface area contributed by atoms with Crippen LogP contribution in [-0.4, -0.2) is 23.9 Å². The van der Waals surface area contributed by atoms with Gasteiger partial charge in [-0.05, 0) is 12.8 Å². The Hall–Kier alpha value is -0.395. The average molecular weight is 235 g/mol. The summed E-state index contributed by atoms with van der Waals surface area (Å²) in [7, 11) is 0. The summed E-state index contributed by atoms with van der Waals surface area (Å²) in [6.45, 7) is -5.09. The number of alkyl halides is 3. The lowest BCUT2D eigenvalue weighted by molar-refractivity contribution is -0.269. The minimum Gasteiger partial charge on any atom is -0.449 e. The molecule has 0 aliphatic heterocycles. The first-order valence-electron chi connectivity index (χ1n) is 4.55. The lowest BCUT2D eigenvalue weighted by Crippen LogP contribution is -2.48. The minimum absolute atomic E-state index is 0.639. The number of rotatable bonds is 1. The van der Waals surface area contributed by atoms with Crippen molar-refractivity contribution >= 4 is 6.98 Å². The first kappa shape index (κ1) is 12.7. The Morgan fingerprint density at radius 3 is 1.73 bits per heavy atom. The minimum atomic E-state index is -5.09. The van der Waals surface area contributed by atoms with E-state index in [1.165, 1.54) is 0 Å². The second-order valence-electron chi connectivity index (χ2n) is 3.99. The summed E-state index contributed by atoms with van der Waals surface area (Å²) in [5, 5.41) is 9.11. The molecule has 0 aromatic carbocycles. The maximum absolute atomic E-state index is 12.2. The molecule has 0 radical (unpaired) electrons. The zero-order chi connectivity index (χ0) is 11.9. The van der Waals surface area contributed by atoms with Gasteiger partial charge in [-0.2, -0.15) is 13.2 Å². The number of hydrogen-bond acceptors (Lipinski definition) is 1. The van der Waals surface area contributed by atoms with E-state index in [9.17, 15) is 26.1 Å². The van der Waals surface area contributed by atoms with Crippen LogP contribution in [0.3, 0.4) is 0 Å². The van der Waals surface area contributed by atoms with Crippen molar-refractivity contribution in [3.8, 4) is 0 Å². The van der Waals surface area contributed by atoms with Crippen LogP contribution in [0.5, 0.6) is 0 Å². The standard InChI is InChI=1S/C7H10BF6O/c9-7(10,11)6(15)3-1-5(2-4-6)8(12,13)14/h5,15H,1-4H2/q-1. The Kier molecular flexibility index (Phi) is 3.02. The molecular formula is C7H10BF6O-. The quantitative estimate of drug-likeness (QED) is 0.546. The molecular weight excluding hydrogens is 225 g/mol. The fourth-order valence-corrected chi connectivity index (χ4v) is 1.78. The van der Waals surface area contributed by atoms with Crippen LogP contribution in [0.25, 0.3) is 0 Å². The van der Waals surface area contributed by atoms with Crippen LogP contribution >= 0.6 is 0 Å². The van der Waals surface area contributed by atoms with Crippen LogP contribution in [0.1, 0.15) is 25.7 Å². The van der Waals surface area contributed by atoms with E-state index in [4.69, 9.17) is 5.11 Å². The highest BCUT2D eigenvalue weighted by Gasteiger charge is 2.56. The molecule has 0 amide bonds. The molecule has 0 heterocycles. The van der Waals surface area contributed by atoms with Gasteiger partial charge in [0.05, 0.1) is 0 Å². The average Bonchev–Trinajstić information content (AvgIpc) is 2.01. The monoisotopic (exact) mass is 235 g/mol. The first-order chi connectivity index (χ1) is 6.56. The van der Waals surface area contributed by atoms with Crippen LogP contribution in [0.2, 0.25) is 5.82 Å². The van der Waals surface area contributed by atoms with E-state index in [1.54, 1.807) is 0 Å². The third-order valence-corrected chi connectivity index (χ3v) is 2.92. The van der Waals surface area contributed by atoms with Crippen molar-refractivity contribution in [2.45, 2.75) is 43.3 Å². The van der Waals surface area contributed by atoms with Crippen molar-refractivity contribution in [3.05, 3.63) is 0 Å². The lowest BCUT2D eigenvalue weighted by atomic mass is 9.62. The van der Waals surface area contributed by atoms with Gasteiger partial charge in [0.15, 0.2) is 5.60 Å². The summed E-state index contributed by atoms with van der Waals surface area (Å²) in [6, 6.07) is 0. The molecule has 1 aliphatic rings. The van der Waals surface area contributed by atoms with Crippen LogP contribution < -0.4 is 0 Å². The van der Waals surface area contributed by atoms with Gasteiger partial charge >= 0.3 is 13.2 Å². The number of aliphatic hydroxyl groups is 1. The predicted octanol–water partition coefficient (Wildman–Crippen LogP) is 3.07. The highest BCUT2D eigenvalue weighted by molar-refractivity contribution is 6.60. The van der Waals surface area contributed by atoms with E-state index in [1.807, 2.05) is 0 Å². The first-order valence-corrected chi connectivity index (χ1v) is 4.55. The van der Waals surface area contributed by atoms with E-state index in [2.05, 4.69) is 0 Å². The molecule has 0 aromatic rings. The van der Waals surface area contributed by atoms with Crippen LogP contribution in [0.4, 0.5) is 26.1 Å². The summed E-state index contributed by atoms with van der Waals surface area (Å²) in [4.78, 5) is 0. The fraction of sp³-hybridized carbons (Fsp3) is 1.00. The largest absolute Gasteiger partial charge is 0.481 e. The summed E-state index contributed by atoms with van der Waals surface area (Å²) < 4.78 is 73.2. The van der Waals surface area contributed by atoms with E-state index in [-0.39, 0.29) is 0 Å². The van der Waals surface area contributed by atoms with E-state index >= 15 is 0 Å². The molecule has 0 atom stereocenters. The second kappa shape index (κ2) is 3.57. The summed E-state index contributed by atoms with van der Waals surface area (Å²) in [5.41, 5.74) is -2.93. The molecule has 1 nitrogen and oxygen atoms in total. The summed E-state index contributed by atoms with van der Waals surface area (Å²) in [6.07, 6.45) is -7.83. The van der Waals surface area contributed by atoms with Crippen molar-refractivity contribution in [2.75, 3.05) is 0 Å². The lowest BCUT2D eigenvalue weighted by Gasteiger charge is -2.40. The molecule has 1 N–H and O–H groups in total. The van der Waals surface area contributed by atoms with Crippen molar-refractivity contribution < 1.29 is 31.2 Å². The predicted molar refractivity (Wildman–Crippen MR) is 42.3 cm³/mol. The van der Waals surface area contributed by atoms with Crippen LogP contribution in [0, 0.1) is 0 Å². The van der Waals surface area contributed by atoms with Gasteiger partial charge in [-0.25, -0.2) is 0 Å². The normalized spacial score (nSPS) is 34.2. The Morgan fingerprint density at radius 1 is 1.07 bits per heavy atom. The van der Waals surface area contributed by atoms with Crippen molar-refractivity contribution in [1.82, 2.24) is 0 Å². The van der Waals surface area contributed by atoms with E-state index in [0.29, 0.717) is 0 Å². The Bertz CT molecular complexity index is 227. The Balaban J connectivity index is 2.64. The van der Waals surface area contributed by atoms with Crippen LogP contribution in [-0.2, 0) is 0 Å². The Labute approximate surface area is 82.5 Å². The molecule has 1 saturated carbocycles. The van der Waals surface area contributed by atoms with Gasteiger partial charge in [-0.15, -0.1) is 0 Å². The fourth-order valence-electron chi connectivity index (χ4n) is 1.78. The second-order valence-corrected chi connectivity index (χ2v) is 3.99. The molecule has 90 valence electrons. The van der Waals surface area contributed by atoms with Gasteiger partial charge in [0, 0.05) is 0 Å².